The van der Waals surface area contributed by atoms with Crippen LogP contribution in [0, 0.1) is 0 Å². The van der Waals surface area contributed by atoms with Crippen LogP contribution in [0.15, 0.2) is 36.5 Å². The number of aryl methyl sites for hydroxylation is 1. The van der Waals surface area contributed by atoms with E-state index in [0.29, 0.717) is 13.2 Å². The van der Waals surface area contributed by atoms with Crippen molar-refractivity contribution in [1.29, 1.82) is 0 Å². The van der Waals surface area contributed by atoms with Gasteiger partial charge < -0.3 is 0 Å². The summed E-state index contributed by atoms with van der Waals surface area (Å²) in [5.41, 5.74) is 5.43. The van der Waals surface area contributed by atoms with Gasteiger partial charge in [-0.2, -0.15) is 0 Å². The molecule has 4 rings (SSSR count). The van der Waals surface area contributed by atoms with Crippen molar-refractivity contribution in [3.8, 4) is 0 Å². The largest absolute Gasteiger partial charge is 0.278 e. The summed E-state index contributed by atoms with van der Waals surface area (Å²) in [6, 6.07) is 9.66. The van der Waals surface area contributed by atoms with Gasteiger partial charge in [0.05, 0.1) is 6.54 Å². The van der Waals surface area contributed by atoms with Gasteiger partial charge in [0, 0.05) is 17.5 Å². The first-order valence-electron chi connectivity index (χ1n) is 7.31. The van der Waals surface area contributed by atoms with Gasteiger partial charge in [0.15, 0.2) is 0 Å². The molecular formula is C17H16N2O2. The summed E-state index contributed by atoms with van der Waals surface area (Å²) in [6.45, 7) is 0.965. The minimum absolute atomic E-state index is 0.0451. The van der Waals surface area contributed by atoms with Crippen LogP contribution in [-0.4, -0.2) is 16.0 Å². The van der Waals surface area contributed by atoms with Gasteiger partial charge in [-0.05, 0) is 48.1 Å². The number of carbonyl (C=O) groups is 1. The van der Waals surface area contributed by atoms with Gasteiger partial charge in [-0.15, -0.1) is 0 Å². The first kappa shape index (κ1) is 12.5. The first-order chi connectivity index (χ1) is 10.3. The molecule has 0 saturated heterocycles. The number of nitrogens with zero attached hydrogens (tertiary/aromatic N) is 2. The van der Waals surface area contributed by atoms with E-state index in [-0.39, 0.29) is 5.91 Å². The molecule has 0 N–H and O–H groups in total. The standard InChI is InChI=1S/C17H16N2O2/c20-17-15-5-2-1-4-12(15)10-19(17)21-11-13-8-9-18-16-7-3-6-14(13)16/h1-2,4-5,8-9H,3,6-7,10-11H2. The van der Waals surface area contributed by atoms with Crippen LogP contribution in [0.25, 0.3) is 0 Å². The lowest BCUT2D eigenvalue weighted by Crippen LogP contribution is -2.24. The number of hydrogen-bond donors (Lipinski definition) is 0. The molecular weight excluding hydrogens is 264 g/mol. The average molecular weight is 280 g/mol. The highest BCUT2D eigenvalue weighted by molar-refractivity contribution is 5.97. The molecule has 1 aromatic heterocycles. The van der Waals surface area contributed by atoms with Gasteiger partial charge in [0.2, 0.25) is 0 Å². The van der Waals surface area contributed by atoms with Crippen LogP contribution in [0.2, 0.25) is 0 Å². The second kappa shape index (κ2) is 4.97. The molecule has 106 valence electrons. The fraction of sp³-hybridized carbons (Fsp3) is 0.294. The van der Waals surface area contributed by atoms with E-state index in [0.717, 1.165) is 36.0 Å². The molecule has 0 unspecified atom stereocenters. The number of carbonyl (C=O) groups excluding carboxylic acids is 1. The third kappa shape index (κ3) is 2.12. The summed E-state index contributed by atoms with van der Waals surface area (Å²) in [6.07, 6.45) is 5.12. The summed E-state index contributed by atoms with van der Waals surface area (Å²) in [7, 11) is 0. The molecule has 1 aliphatic heterocycles. The maximum absolute atomic E-state index is 12.2. The molecule has 4 heteroatoms. The predicted octanol–water partition coefficient (Wildman–Crippen LogP) is 2.66. The Balaban J connectivity index is 1.50. The summed E-state index contributed by atoms with van der Waals surface area (Å²) < 4.78 is 0. The Kier molecular flexibility index (Phi) is 2.97. The molecule has 0 saturated carbocycles. The summed E-state index contributed by atoms with van der Waals surface area (Å²) in [5.74, 6) is -0.0451. The van der Waals surface area contributed by atoms with Crippen molar-refractivity contribution in [2.45, 2.75) is 32.4 Å². The van der Waals surface area contributed by atoms with Gasteiger partial charge in [-0.3, -0.25) is 14.6 Å². The van der Waals surface area contributed by atoms with Crippen LogP contribution in [-0.2, 0) is 30.8 Å². The minimum Gasteiger partial charge on any atom is -0.267 e. The van der Waals surface area contributed by atoms with Crippen LogP contribution in [0.1, 0.15) is 39.2 Å². The highest BCUT2D eigenvalue weighted by Gasteiger charge is 2.28. The lowest BCUT2D eigenvalue weighted by atomic mass is 10.1. The zero-order chi connectivity index (χ0) is 14.2. The van der Waals surface area contributed by atoms with Crippen molar-refractivity contribution in [3.63, 3.8) is 0 Å². The molecule has 0 spiro atoms. The van der Waals surface area contributed by atoms with E-state index in [4.69, 9.17) is 4.84 Å². The van der Waals surface area contributed by atoms with Crippen molar-refractivity contribution in [1.82, 2.24) is 10.0 Å². The number of rotatable bonds is 3. The number of benzene rings is 1. The van der Waals surface area contributed by atoms with Crippen LogP contribution in [0.4, 0.5) is 0 Å². The second-order valence-electron chi connectivity index (χ2n) is 5.52. The number of hydroxylamine groups is 2. The molecule has 0 radical (unpaired) electrons. The Hall–Kier alpha value is -2.20. The van der Waals surface area contributed by atoms with E-state index in [1.54, 1.807) is 0 Å². The van der Waals surface area contributed by atoms with E-state index >= 15 is 0 Å². The monoisotopic (exact) mass is 280 g/mol. The molecule has 2 aliphatic rings. The quantitative estimate of drug-likeness (QED) is 0.868. The molecule has 1 amide bonds. The highest BCUT2D eigenvalue weighted by Crippen LogP contribution is 2.26. The first-order valence-corrected chi connectivity index (χ1v) is 7.31. The Morgan fingerprint density at radius 2 is 2.10 bits per heavy atom. The lowest BCUT2D eigenvalue weighted by molar-refractivity contribution is -0.135. The van der Waals surface area contributed by atoms with Gasteiger partial charge in [-0.25, -0.2) is 5.06 Å². The average Bonchev–Trinajstić information content (AvgIpc) is 3.11. The molecule has 1 aromatic carbocycles. The molecule has 2 aromatic rings. The van der Waals surface area contributed by atoms with E-state index in [1.807, 2.05) is 36.5 Å². The number of pyridine rings is 1. The molecule has 4 nitrogen and oxygen atoms in total. The van der Waals surface area contributed by atoms with Crippen molar-refractivity contribution in [2.24, 2.45) is 0 Å². The smallest absolute Gasteiger partial charge is 0.267 e. The van der Waals surface area contributed by atoms with Crippen molar-refractivity contribution in [3.05, 3.63) is 64.5 Å². The summed E-state index contributed by atoms with van der Waals surface area (Å²) >= 11 is 0. The maximum Gasteiger partial charge on any atom is 0.278 e. The number of amides is 1. The Morgan fingerprint density at radius 3 is 3.00 bits per heavy atom. The number of fused-ring (bicyclic) bond motifs is 2. The molecule has 0 fully saturated rings. The third-order valence-electron chi connectivity index (χ3n) is 4.25. The summed E-state index contributed by atoms with van der Waals surface area (Å²) in [4.78, 5) is 22.4. The molecule has 0 bridgehead atoms. The normalized spacial score (nSPS) is 16.2. The Morgan fingerprint density at radius 1 is 1.19 bits per heavy atom. The minimum atomic E-state index is -0.0451. The number of hydrogen-bond acceptors (Lipinski definition) is 3. The van der Waals surface area contributed by atoms with E-state index in [9.17, 15) is 4.79 Å². The molecule has 21 heavy (non-hydrogen) atoms. The van der Waals surface area contributed by atoms with Crippen LogP contribution < -0.4 is 0 Å². The fourth-order valence-corrected chi connectivity index (χ4v) is 3.15. The highest BCUT2D eigenvalue weighted by atomic mass is 16.7. The van der Waals surface area contributed by atoms with Gasteiger partial charge >= 0.3 is 0 Å². The third-order valence-corrected chi connectivity index (χ3v) is 4.25. The topological polar surface area (TPSA) is 42.4 Å². The van der Waals surface area contributed by atoms with Gasteiger partial charge in [0.1, 0.15) is 6.61 Å². The zero-order valence-corrected chi connectivity index (χ0v) is 11.7. The maximum atomic E-state index is 12.2. The molecule has 0 atom stereocenters. The van der Waals surface area contributed by atoms with Crippen molar-refractivity contribution in [2.75, 3.05) is 0 Å². The van der Waals surface area contributed by atoms with Crippen molar-refractivity contribution >= 4 is 5.91 Å². The Labute approximate surface area is 123 Å². The van der Waals surface area contributed by atoms with Crippen LogP contribution in [0.3, 0.4) is 0 Å². The lowest BCUT2D eigenvalue weighted by Gasteiger charge is -2.16. The van der Waals surface area contributed by atoms with Gasteiger partial charge in [0.25, 0.3) is 5.91 Å². The van der Waals surface area contributed by atoms with Gasteiger partial charge in [-0.1, -0.05) is 18.2 Å². The van der Waals surface area contributed by atoms with Crippen LogP contribution >= 0.6 is 0 Å². The van der Waals surface area contributed by atoms with E-state index in [1.165, 1.54) is 16.3 Å². The SMILES string of the molecule is O=C1c2ccccc2CN1OCc1ccnc2c1CCC2. The zero-order valence-electron chi connectivity index (χ0n) is 11.7. The van der Waals surface area contributed by atoms with E-state index in [2.05, 4.69) is 4.98 Å². The molecule has 2 heterocycles. The summed E-state index contributed by atoms with van der Waals surface area (Å²) in [5, 5.41) is 1.46. The van der Waals surface area contributed by atoms with E-state index < -0.39 is 0 Å². The van der Waals surface area contributed by atoms with Crippen molar-refractivity contribution < 1.29 is 9.63 Å². The number of aromatic nitrogens is 1. The Bertz CT molecular complexity index is 712. The van der Waals surface area contributed by atoms with Crippen LogP contribution in [0.5, 0.6) is 0 Å². The molecule has 1 aliphatic carbocycles. The second-order valence-corrected chi connectivity index (χ2v) is 5.52. The fourth-order valence-electron chi connectivity index (χ4n) is 3.15. The predicted molar refractivity (Wildman–Crippen MR) is 77.4 cm³/mol.